The van der Waals surface area contributed by atoms with Crippen LogP contribution in [0.2, 0.25) is 0 Å². The number of amides is 2. The fourth-order valence-electron chi connectivity index (χ4n) is 2.27. The van der Waals surface area contributed by atoms with E-state index in [0.717, 1.165) is 12.1 Å². The highest BCUT2D eigenvalue weighted by Crippen LogP contribution is 2.27. The summed E-state index contributed by atoms with van der Waals surface area (Å²) in [6, 6.07) is 3.03. The van der Waals surface area contributed by atoms with Gasteiger partial charge in [-0.15, -0.1) is 12.4 Å². The van der Waals surface area contributed by atoms with E-state index in [9.17, 15) is 18.4 Å². The highest BCUT2D eigenvalue weighted by atomic mass is 35.5. The predicted octanol–water partition coefficient (Wildman–Crippen LogP) is 1.08. The second-order valence-electron chi connectivity index (χ2n) is 4.90. The molecule has 1 aliphatic rings. The Bertz CT molecular complexity index is 557. The quantitative estimate of drug-likeness (QED) is 0.793. The third kappa shape index (κ3) is 4.14. The number of nitrogens with one attached hydrogen (secondary N) is 2. The molecule has 2 rings (SSSR count). The molecular weight excluding hydrogens is 316 g/mol. The van der Waals surface area contributed by atoms with Gasteiger partial charge in [-0.1, -0.05) is 0 Å². The van der Waals surface area contributed by atoms with Crippen molar-refractivity contribution in [2.75, 3.05) is 31.6 Å². The summed E-state index contributed by atoms with van der Waals surface area (Å²) in [6.45, 7) is 1.19. The summed E-state index contributed by atoms with van der Waals surface area (Å²) >= 11 is 0. The molecule has 0 radical (unpaired) electrons. The van der Waals surface area contributed by atoms with E-state index < -0.39 is 17.6 Å². The van der Waals surface area contributed by atoms with E-state index in [0.29, 0.717) is 13.1 Å². The van der Waals surface area contributed by atoms with Gasteiger partial charge in [0.15, 0.2) is 0 Å². The van der Waals surface area contributed by atoms with Crippen LogP contribution in [0.15, 0.2) is 18.2 Å². The summed E-state index contributed by atoms with van der Waals surface area (Å²) in [6.07, 6.45) is 0.0300. The minimum atomic E-state index is -0.806. The number of likely N-dealkylation sites (N-methyl/N-ethyl adjacent to an activating group) is 1. The van der Waals surface area contributed by atoms with Crippen molar-refractivity contribution in [3.63, 3.8) is 0 Å². The van der Waals surface area contributed by atoms with Gasteiger partial charge in [-0.05, 0) is 19.2 Å². The van der Waals surface area contributed by atoms with E-state index in [2.05, 4.69) is 10.6 Å². The van der Waals surface area contributed by atoms with Crippen LogP contribution in [0.5, 0.6) is 0 Å². The second-order valence-corrected chi connectivity index (χ2v) is 4.90. The Hall–Kier alpha value is -1.73. The number of carbonyl (C=O) groups is 2. The van der Waals surface area contributed by atoms with Gasteiger partial charge in [0, 0.05) is 32.1 Å². The number of nitrogens with zero attached hydrogens (tertiary/aromatic N) is 1. The Balaban J connectivity index is 0.00000242. The first-order valence-electron chi connectivity index (χ1n) is 6.70. The molecule has 1 aromatic rings. The van der Waals surface area contributed by atoms with Crippen molar-refractivity contribution in [2.45, 2.75) is 6.42 Å². The van der Waals surface area contributed by atoms with Crippen LogP contribution in [0.3, 0.4) is 0 Å². The molecule has 1 fully saturated rings. The molecule has 0 saturated carbocycles. The summed E-state index contributed by atoms with van der Waals surface area (Å²) in [5.41, 5.74) is 0.00641. The van der Waals surface area contributed by atoms with Gasteiger partial charge < -0.3 is 15.5 Å². The van der Waals surface area contributed by atoms with Crippen molar-refractivity contribution >= 4 is 29.9 Å². The summed E-state index contributed by atoms with van der Waals surface area (Å²) in [7, 11) is 1.77. The molecule has 0 aromatic heterocycles. The third-order valence-corrected chi connectivity index (χ3v) is 3.37. The molecule has 1 heterocycles. The van der Waals surface area contributed by atoms with Crippen LogP contribution < -0.4 is 15.5 Å². The lowest BCUT2D eigenvalue weighted by atomic mass is 10.1. The zero-order chi connectivity index (χ0) is 15.4. The molecule has 1 unspecified atom stereocenters. The molecule has 2 N–H and O–H groups in total. The molecular formula is C14H18ClF2N3O2. The fraction of sp³-hybridized carbons (Fsp3) is 0.429. The highest BCUT2D eigenvalue weighted by Gasteiger charge is 2.36. The molecule has 122 valence electrons. The normalized spacial score (nSPS) is 17.3. The van der Waals surface area contributed by atoms with Crippen LogP contribution in [0.1, 0.15) is 6.42 Å². The van der Waals surface area contributed by atoms with Crippen molar-refractivity contribution < 1.29 is 18.4 Å². The van der Waals surface area contributed by atoms with E-state index in [1.54, 1.807) is 7.05 Å². The van der Waals surface area contributed by atoms with Crippen LogP contribution in [0.4, 0.5) is 14.5 Å². The second kappa shape index (κ2) is 8.05. The van der Waals surface area contributed by atoms with E-state index in [4.69, 9.17) is 0 Å². The maximum Gasteiger partial charge on any atom is 0.227 e. The lowest BCUT2D eigenvalue weighted by Gasteiger charge is -2.17. The van der Waals surface area contributed by atoms with Gasteiger partial charge in [0.2, 0.25) is 11.8 Å². The molecule has 5 nitrogen and oxygen atoms in total. The fourth-order valence-corrected chi connectivity index (χ4v) is 2.27. The van der Waals surface area contributed by atoms with E-state index in [1.165, 1.54) is 11.0 Å². The Morgan fingerprint density at radius 2 is 2.09 bits per heavy atom. The Morgan fingerprint density at radius 3 is 2.73 bits per heavy atom. The van der Waals surface area contributed by atoms with Crippen molar-refractivity contribution in [2.24, 2.45) is 5.92 Å². The van der Waals surface area contributed by atoms with Crippen LogP contribution in [-0.4, -0.2) is 38.5 Å². The molecule has 8 heteroatoms. The van der Waals surface area contributed by atoms with Crippen LogP contribution >= 0.6 is 12.4 Å². The largest absolute Gasteiger partial charge is 0.355 e. The van der Waals surface area contributed by atoms with Crippen molar-refractivity contribution in [1.29, 1.82) is 0 Å². The molecule has 0 aliphatic carbocycles. The van der Waals surface area contributed by atoms with Crippen LogP contribution in [0.25, 0.3) is 0 Å². The maximum atomic E-state index is 13.7. The first-order valence-corrected chi connectivity index (χ1v) is 6.70. The first-order chi connectivity index (χ1) is 10.0. The molecule has 1 aliphatic heterocycles. The monoisotopic (exact) mass is 333 g/mol. The number of hydrogen-bond donors (Lipinski definition) is 2. The molecule has 0 spiro atoms. The highest BCUT2D eigenvalue weighted by molar-refractivity contribution is 6.00. The summed E-state index contributed by atoms with van der Waals surface area (Å²) < 4.78 is 26.6. The zero-order valence-electron chi connectivity index (χ0n) is 12.1. The molecule has 1 saturated heterocycles. The van der Waals surface area contributed by atoms with Crippen molar-refractivity contribution in [1.82, 2.24) is 10.6 Å². The standard InChI is InChI=1S/C14H17F2N3O2.ClH/c1-17-4-5-18-14(21)9-6-13(20)19(8-9)12-3-2-10(15)7-11(12)16;/h2-3,7,9,17H,4-6,8H2,1H3,(H,18,21);1H. The van der Waals surface area contributed by atoms with Gasteiger partial charge in [0.1, 0.15) is 11.6 Å². The lowest BCUT2D eigenvalue weighted by Crippen LogP contribution is -2.36. The number of benzene rings is 1. The number of carbonyl (C=O) groups excluding carboxylic acids is 2. The number of hydrogen-bond acceptors (Lipinski definition) is 3. The van der Waals surface area contributed by atoms with Gasteiger partial charge in [-0.25, -0.2) is 8.78 Å². The Labute approximate surface area is 133 Å². The van der Waals surface area contributed by atoms with Crippen LogP contribution in [0, 0.1) is 17.6 Å². The summed E-state index contributed by atoms with van der Waals surface area (Å²) in [4.78, 5) is 25.0. The smallest absolute Gasteiger partial charge is 0.227 e. The minimum Gasteiger partial charge on any atom is -0.355 e. The average molecular weight is 334 g/mol. The van der Waals surface area contributed by atoms with Gasteiger partial charge in [-0.2, -0.15) is 0 Å². The number of anilines is 1. The first kappa shape index (κ1) is 18.3. The van der Waals surface area contributed by atoms with Gasteiger partial charge in [-0.3, -0.25) is 9.59 Å². The van der Waals surface area contributed by atoms with Gasteiger partial charge in [0.05, 0.1) is 11.6 Å². The molecule has 22 heavy (non-hydrogen) atoms. The predicted molar refractivity (Wildman–Crippen MR) is 81.0 cm³/mol. The third-order valence-electron chi connectivity index (χ3n) is 3.37. The number of halogens is 3. The molecule has 1 atom stereocenters. The Kier molecular flexibility index (Phi) is 6.70. The van der Waals surface area contributed by atoms with E-state index >= 15 is 0 Å². The van der Waals surface area contributed by atoms with Crippen LogP contribution in [-0.2, 0) is 9.59 Å². The lowest BCUT2D eigenvalue weighted by molar-refractivity contribution is -0.126. The molecule has 2 amide bonds. The zero-order valence-corrected chi connectivity index (χ0v) is 12.9. The summed E-state index contributed by atoms with van der Waals surface area (Å²) in [5.74, 6) is -2.60. The average Bonchev–Trinajstić information content (AvgIpc) is 2.81. The SMILES string of the molecule is CNCCNC(=O)C1CC(=O)N(c2ccc(F)cc2F)C1.Cl. The van der Waals surface area contributed by atoms with Gasteiger partial charge in [0.25, 0.3) is 0 Å². The summed E-state index contributed by atoms with van der Waals surface area (Å²) in [5, 5.41) is 5.60. The molecule has 0 bridgehead atoms. The topological polar surface area (TPSA) is 61.4 Å². The van der Waals surface area contributed by atoms with Crippen molar-refractivity contribution in [3.05, 3.63) is 29.8 Å². The maximum absolute atomic E-state index is 13.7. The minimum absolute atomic E-state index is 0. The Morgan fingerprint density at radius 1 is 1.36 bits per heavy atom. The van der Waals surface area contributed by atoms with E-state index in [-0.39, 0.29) is 42.9 Å². The van der Waals surface area contributed by atoms with E-state index in [1.807, 2.05) is 0 Å². The molecule has 1 aromatic carbocycles. The number of rotatable bonds is 5. The van der Waals surface area contributed by atoms with Gasteiger partial charge >= 0.3 is 0 Å². The van der Waals surface area contributed by atoms with Crippen molar-refractivity contribution in [3.8, 4) is 0 Å².